The van der Waals surface area contributed by atoms with Crippen LogP contribution in [0.5, 0.6) is 0 Å². The van der Waals surface area contributed by atoms with Crippen molar-refractivity contribution in [3.8, 4) is 0 Å². The highest BCUT2D eigenvalue weighted by Gasteiger charge is 2.11. The lowest BCUT2D eigenvalue weighted by Gasteiger charge is -2.23. The molecule has 0 amide bonds. The second-order valence-electron chi connectivity index (χ2n) is 6.85. The van der Waals surface area contributed by atoms with Crippen LogP contribution in [0.1, 0.15) is 11.1 Å². The molecular formula is C25H22ClN2+. The van der Waals surface area contributed by atoms with Gasteiger partial charge in [0.25, 0.3) is 0 Å². The summed E-state index contributed by atoms with van der Waals surface area (Å²) in [5.41, 5.74) is 5.90. The van der Waals surface area contributed by atoms with E-state index in [1.807, 2.05) is 12.2 Å². The molecule has 1 aromatic heterocycles. The van der Waals surface area contributed by atoms with E-state index in [0.717, 1.165) is 11.1 Å². The van der Waals surface area contributed by atoms with Gasteiger partial charge in [0.1, 0.15) is 7.05 Å². The van der Waals surface area contributed by atoms with Crippen LogP contribution in [0.25, 0.3) is 22.6 Å². The van der Waals surface area contributed by atoms with Crippen molar-refractivity contribution in [1.82, 2.24) is 0 Å². The monoisotopic (exact) mass is 385 g/mol. The van der Waals surface area contributed by atoms with Gasteiger partial charge in [0.15, 0.2) is 6.20 Å². The predicted octanol–water partition coefficient (Wildman–Crippen LogP) is 5.85. The van der Waals surface area contributed by atoms with Crippen LogP contribution < -0.4 is 9.47 Å². The average molecular weight is 386 g/mol. The molecule has 3 heteroatoms. The van der Waals surface area contributed by atoms with E-state index in [1.54, 1.807) is 0 Å². The molecule has 2 heterocycles. The largest absolute Gasteiger partial charge is 0.351 e. The van der Waals surface area contributed by atoms with Crippen LogP contribution in [0.15, 0.2) is 96.3 Å². The Bertz CT molecular complexity index is 1150. The van der Waals surface area contributed by atoms with Gasteiger partial charge >= 0.3 is 0 Å². The number of hydrogen-bond acceptors (Lipinski definition) is 1. The molecule has 0 spiro atoms. The van der Waals surface area contributed by atoms with Crippen LogP contribution in [-0.4, -0.2) is 7.05 Å². The van der Waals surface area contributed by atoms with E-state index in [2.05, 4.69) is 109 Å². The normalized spacial score (nSPS) is 15.6. The third-order valence-corrected chi connectivity index (χ3v) is 5.24. The first-order valence-electron chi connectivity index (χ1n) is 9.27. The first kappa shape index (κ1) is 18.3. The summed E-state index contributed by atoms with van der Waals surface area (Å²) in [6.45, 7) is 0. The van der Waals surface area contributed by atoms with Crippen LogP contribution >= 0.6 is 11.6 Å². The highest BCUT2D eigenvalue weighted by atomic mass is 35.5. The molecule has 0 saturated heterocycles. The minimum absolute atomic E-state index is 0.689. The molecule has 2 nitrogen and oxygen atoms in total. The highest BCUT2D eigenvalue weighted by Crippen LogP contribution is 2.31. The van der Waals surface area contributed by atoms with E-state index < -0.39 is 0 Å². The molecule has 0 fully saturated rings. The van der Waals surface area contributed by atoms with E-state index in [1.165, 1.54) is 22.2 Å². The Labute approximate surface area is 171 Å². The van der Waals surface area contributed by atoms with Gasteiger partial charge in [0.05, 0.1) is 5.39 Å². The van der Waals surface area contributed by atoms with E-state index in [-0.39, 0.29) is 0 Å². The van der Waals surface area contributed by atoms with E-state index in [0.29, 0.717) is 5.03 Å². The molecule has 2 aromatic carbocycles. The van der Waals surface area contributed by atoms with Crippen LogP contribution in [0.4, 0.5) is 5.69 Å². The Morgan fingerprint density at radius 1 is 1.04 bits per heavy atom. The molecule has 1 aliphatic heterocycles. The highest BCUT2D eigenvalue weighted by molar-refractivity contribution is 6.31. The molecule has 0 aliphatic carbocycles. The number of aromatic nitrogens is 1. The second-order valence-corrected chi connectivity index (χ2v) is 7.29. The lowest BCUT2D eigenvalue weighted by Crippen LogP contribution is -2.28. The maximum atomic E-state index is 6.48. The molecule has 138 valence electrons. The number of rotatable bonds is 3. The van der Waals surface area contributed by atoms with Crippen LogP contribution in [0.3, 0.4) is 0 Å². The van der Waals surface area contributed by atoms with E-state index in [4.69, 9.17) is 11.6 Å². The third-order valence-electron chi connectivity index (χ3n) is 4.99. The maximum Gasteiger partial charge on any atom is 0.212 e. The zero-order valence-corrected chi connectivity index (χ0v) is 16.8. The SMILES string of the molecule is CN1C=C/C(=C/C=C(Cl)/C=C/c2cc[n+](C)c3ccccc23)c2ccccc21. The number of nitrogens with zero attached hydrogens (tertiary/aromatic N) is 2. The van der Waals surface area contributed by atoms with Crippen molar-refractivity contribution in [3.05, 3.63) is 107 Å². The zero-order chi connectivity index (χ0) is 19.5. The molecule has 3 aromatic rings. The van der Waals surface area contributed by atoms with Crippen molar-refractivity contribution in [3.63, 3.8) is 0 Å². The number of allylic oxidation sites excluding steroid dienone is 6. The molecule has 0 atom stereocenters. The molecule has 0 radical (unpaired) electrons. The summed E-state index contributed by atoms with van der Waals surface area (Å²) in [5.74, 6) is 0. The summed E-state index contributed by atoms with van der Waals surface area (Å²) in [5, 5.41) is 1.90. The van der Waals surface area contributed by atoms with Gasteiger partial charge in [0, 0.05) is 41.7 Å². The molecular weight excluding hydrogens is 364 g/mol. The number of para-hydroxylation sites is 2. The van der Waals surface area contributed by atoms with Crippen molar-refractivity contribution in [2.45, 2.75) is 0 Å². The van der Waals surface area contributed by atoms with Gasteiger partial charge in [-0.2, -0.15) is 0 Å². The molecule has 28 heavy (non-hydrogen) atoms. The van der Waals surface area contributed by atoms with Gasteiger partial charge in [-0.05, 0) is 41.5 Å². The summed E-state index contributed by atoms with van der Waals surface area (Å²) in [7, 11) is 4.11. The summed E-state index contributed by atoms with van der Waals surface area (Å²) >= 11 is 6.48. The number of anilines is 1. The van der Waals surface area contributed by atoms with Crippen LogP contribution in [0, 0.1) is 0 Å². The smallest absolute Gasteiger partial charge is 0.212 e. The van der Waals surface area contributed by atoms with Crippen molar-refractivity contribution >= 4 is 39.8 Å². The molecule has 4 rings (SSSR count). The Balaban J connectivity index is 1.62. The van der Waals surface area contributed by atoms with Gasteiger partial charge in [-0.3, -0.25) is 0 Å². The number of pyridine rings is 1. The van der Waals surface area contributed by atoms with Crippen LogP contribution in [0.2, 0.25) is 0 Å². The molecule has 0 saturated carbocycles. The maximum absolute atomic E-state index is 6.48. The lowest BCUT2D eigenvalue weighted by atomic mass is 10.00. The third kappa shape index (κ3) is 3.64. The van der Waals surface area contributed by atoms with E-state index in [9.17, 15) is 0 Å². The fourth-order valence-electron chi connectivity index (χ4n) is 3.46. The second kappa shape index (κ2) is 7.87. The number of fused-ring (bicyclic) bond motifs is 2. The van der Waals surface area contributed by atoms with Crippen molar-refractivity contribution < 1.29 is 4.57 Å². The quantitative estimate of drug-likeness (QED) is 0.405. The number of aryl methyl sites for hydroxylation is 1. The van der Waals surface area contributed by atoms with Gasteiger partial charge in [-0.25, -0.2) is 4.57 Å². The molecule has 0 bridgehead atoms. The number of halogens is 1. The number of hydrogen-bond donors (Lipinski definition) is 0. The van der Waals surface area contributed by atoms with Gasteiger partial charge in [-0.15, -0.1) is 0 Å². The summed E-state index contributed by atoms with van der Waals surface area (Å²) in [6.07, 6.45) is 14.3. The minimum Gasteiger partial charge on any atom is -0.351 e. The Morgan fingerprint density at radius 3 is 2.71 bits per heavy atom. The number of benzene rings is 2. The van der Waals surface area contributed by atoms with E-state index >= 15 is 0 Å². The van der Waals surface area contributed by atoms with Gasteiger partial charge < -0.3 is 4.90 Å². The van der Waals surface area contributed by atoms with Crippen molar-refractivity contribution in [2.75, 3.05) is 11.9 Å². The first-order chi connectivity index (χ1) is 13.6. The average Bonchev–Trinajstić information content (AvgIpc) is 2.73. The Morgan fingerprint density at radius 2 is 1.82 bits per heavy atom. The fraction of sp³-hybridized carbons (Fsp3) is 0.0800. The van der Waals surface area contributed by atoms with Crippen molar-refractivity contribution in [1.29, 1.82) is 0 Å². The minimum atomic E-state index is 0.689. The Kier molecular flexibility index (Phi) is 5.14. The summed E-state index contributed by atoms with van der Waals surface area (Å²) in [6, 6.07) is 18.9. The molecule has 0 unspecified atom stereocenters. The molecule has 1 aliphatic rings. The predicted molar refractivity (Wildman–Crippen MR) is 120 cm³/mol. The fourth-order valence-corrected chi connectivity index (χ4v) is 3.59. The Hall–Kier alpha value is -3.10. The van der Waals surface area contributed by atoms with Gasteiger partial charge in [-0.1, -0.05) is 54.1 Å². The zero-order valence-electron chi connectivity index (χ0n) is 16.0. The standard InChI is InChI=1S/C25H22ClN2/c1-27-17-15-19(22-7-3-5-9-24(22)27)11-13-21(26)14-12-20-16-18-28(2)25-10-6-4-8-23(20)25/h3-18H,1-2H3/q+1. The van der Waals surface area contributed by atoms with Gasteiger partial charge in [0.2, 0.25) is 5.52 Å². The van der Waals surface area contributed by atoms with Crippen molar-refractivity contribution in [2.24, 2.45) is 7.05 Å². The lowest BCUT2D eigenvalue weighted by molar-refractivity contribution is -0.644. The summed E-state index contributed by atoms with van der Waals surface area (Å²) < 4.78 is 2.12. The summed E-state index contributed by atoms with van der Waals surface area (Å²) in [4.78, 5) is 2.12. The first-order valence-corrected chi connectivity index (χ1v) is 9.65. The van der Waals surface area contributed by atoms with Crippen LogP contribution in [-0.2, 0) is 7.05 Å². The topological polar surface area (TPSA) is 7.12 Å². The molecule has 0 N–H and O–H groups in total.